The van der Waals surface area contributed by atoms with E-state index >= 15 is 0 Å². The highest BCUT2D eigenvalue weighted by atomic mass is 16.1. The first-order valence-corrected chi connectivity index (χ1v) is 7.52. The Bertz CT molecular complexity index is 511. The van der Waals surface area contributed by atoms with Gasteiger partial charge in [0, 0.05) is 6.42 Å². The third kappa shape index (κ3) is 2.61. The van der Waals surface area contributed by atoms with Gasteiger partial charge < -0.3 is 4.79 Å². The predicted molar refractivity (Wildman–Crippen MR) is 81.0 cm³/mol. The maximum atomic E-state index is 11.3. The van der Waals surface area contributed by atoms with Crippen molar-refractivity contribution in [1.29, 1.82) is 0 Å². The van der Waals surface area contributed by atoms with Gasteiger partial charge in [0.05, 0.1) is 0 Å². The van der Waals surface area contributed by atoms with Gasteiger partial charge in [-0.1, -0.05) is 0 Å². The normalized spacial score (nSPS) is 18.3. The third-order valence-electron chi connectivity index (χ3n) is 5.10. The zero-order valence-corrected chi connectivity index (χ0v) is 13.0. The lowest BCUT2D eigenvalue weighted by atomic mass is 9.74. The summed E-state index contributed by atoms with van der Waals surface area (Å²) in [6, 6.07) is 0. The Labute approximate surface area is 117 Å². The van der Waals surface area contributed by atoms with Gasteiger partial charge in [-0.05, 0) is 99.6 Å². The van der Waals surface area contributed by atoms with Crippen LogP contribution in [0.25, 0.3) is 0 Å². The summed E-state index contributed by atoms with van der Waals surface area (Å²) in [5.41, 5.74) is 9.04. The van der Waals surface area contributed by atoms with E-state index in [1.807, 2.05) is 0 Å². The van der Waals surface area contributed by atoms with Gasteiger partial charge in [-0.3, -0.25) is 0 Å². The SMILES string of the molecule is CC(=O)CCC1CCCc2c(C)c(C)c(C)c(C)c21. The molecule has 0 aromatic heterocycles. The van der Waals surface area contributed by atoms with Crippen LogP contribution in [0.15, 0.2) is 0 Å². The molecule has 1 heteroatoms. The Balaban J connectivity index is 2.45. The molecule has 0 saturated heterocycles. The Morgan fingerprint density at radius 2 is 1.68 bits per heavy atom. The van der Waals surface area contributed by atoms with Crippen LogP contribution >= 0.6 is 0 Å². The minimum Gasteiger partial charge on any atom is -0.300 e. The van der Waals surface area contributed by atoms with Crippen molar-refractivity contribution in [3.8, 4) is 0 Å². The van der Waals surface area contributed by atoms with E-state index in [2.05, 4.69) is 27.7 Å². The van der Waals surface area contributed by atoms with Crippen molar-refractivity contribution in [1.82, 2.24) is 0 Å². The molecule has 1 aliphatic carbocycles. The second-order valence-electron chi connectivity index (χ2n) is 6.22. The fraction of sp³-hybridized carbons (Fsp3) is 0.611. The number of hydrogen-bond acceptors (Lipinski definition) is 1. The van der Waals surface area contributed by atoms with Crippen molar-refractivity contribution < 1.29 is 4.79 Å². The molecule has 0 spiro atoms. The van der Waals surface area contributed by atoms with Crippen molar-refractivity contribution in [2.24, 2.45) is 0 Å². The van der Waals surface area contributed by atoms with Gasteiger partial charge in [0.15, 0.2) is 0 Å². The summed E-state index contributed by atoms with van der Waals surface area (Å²) < 4.78 is 0. The number of fused-ring (bicyclic) bond motifs is 1. The predicted octanol–water partition coefficient (Wildman–Crippen LogP) is 4.71. The molecule has 0 heterocycles. The van der Waals surface area contributed by atoms with Crippen LogP contribution in [0.1, 0.15) is 71.9 Å². The van der Waals surface area contributed by atoms with E-state index < -0.39 is 0 Å². The third-order valence-corrected chi connectivity index (χ3v) is 5.10. The van der Waals surface area contributed by atoms with Crippen LogP contribution in [0.2, 0.25) is 0 Å². The zero-order chi connectivity index (χ0) is 14.2. The molecule has 0 saturated carbocycles. The first-order valence-electron chi connectivity index (χ1n) is 7.52. The van der Waals surface area contributed by atoms with Crippen molar-refractivity contribution in [3.05, 3.63) is 33.4 Å². The molecule has 1 atom stereocenters. The first-order chi connectivity index (χ1) is 8.93. The average Bonchev–Trinajstić information content (AvgIpc) is 2.39. The summed E-state index contributed by atoms with van der Waals surface area (Å²) >= 11 is 0. The van der Waals surface area contributed by atoms with Gasteiger partial charge in [0.1, 0.15) is 5.78 Å². The first kappa shape index (κ1) is 14.3. The molecule has 1 aromatic rings. The largest absolute Gasteiger partial charge is 0.300 e. The highest BCUT2D eigenvalue weighted by Crippen LogP contribution is 2.40. The lowest BCUT2D eigenvalue weighted by molar-refractivity contribution is -0.117. The minimum atomic E-state index is 0.324. The Kier molecular flexibility index (Phi) is 4.13. The molecule has 0 fully saturated rings. The van der Waals surface area contributed by atoms with Crippen molar-refractivity contribution in [2.75, 3.05) is 0 Å². The molecule has 2 rings (SSSR count). The van der Waals surface area contributed by atoms with E-state index in [0.29, 0.717) is 11.7 Å². The van der Waals surface area contributed by atoms with Crippen molar-refractivity contribution >= 4 is 5.78 Å². The van der Waals surface area contributed by atoms with Crippen molar-refractivity contribution in [2.45, 2.75) is 72.6 Å². The minimum absolute atomic E-state index is 0.324. The van der Waals surface area contributed by atoms with Crippen LogP contribution in [-0.2, 0) is 11.2 Å². The molecular weight excluding hydrogens is 232 g/mol. The Morgan fingerprint density at radius 1 is 1.05 bits per heavy atom. The van der Waals surface area contributed by atoms with Gasteiger partial charge in [0.2, 0.25) is 0 Å². The fourth-order valence-electron chi connectivity index (χ4n) is 3.63. The summed E-state index contributed by atoms with van der Waals surface area (Å²) in [5.74, 6) is 0.927. The van der Waals surface area contributed by atoms with Gasteiger partial charge >= 0.3 is 0 Å². The van der Waals surface area contributed by atoms with Gasteiger partial charge in [0.25, 0.3) is 0 Å². The number of rotatable bonds is 3. The van der Waals surface area contributed by atoms with Crippen LogP contribution in [0.3, 0.4) is 0 Å². The van der Waals surface area contributed by atoms with Gasteiger partial charge in [-0.2, -0.15) is 0 Å². The van der Waals surface area contributed by atoms with E-state index in [4.69, 9.17) is 0 Å². The topological polar surface area (TPSA) is 17.1 Å². The molecule has 0 amide bonds. The Hall–Kier alpha value is -1.11. The molecule has 1 aromatic carbocycles. The summed E-state index contributed by atoms with van der Waals surface area (Å²) in [6.45, 7) is 10.7. The molecule has 1 unspecified atom stereocenters. The standard InChI is InChI=1S/C18H26O/c1-11(19)9-10-16-7-6-8-17-14(4)12(2)13(3)15(5)18(16)17/h16H,6-10H2,1-5H3. The second kappa shape index (κ2) is 5.48. The van der Waals surface area contributed by atoms with E-state index in [1.54, 1.807) is 18.1 Å². The molecular formula is C18H26O. The highest BCUT2D eigenvalue weighted by molar-refractivity contribution is 5.75. The number of carbonyl (C=O) groups is 1. The van der Waals surface area contributed by atoms with E-state index in [-0.39, 0.29) is 0 Å². The van der Waals surface area contributed by atoms with Crippen LogP contribution in [0, 0.1) is 27.7 Å². The molecule has 1 aliphatic rings. The molecule has 0 aliphatic heterocycles. The van der Waals surface area contributed by atoms with E-state index in [1.165, 1.54) is 41.5 Å². The number of carbonyl (C=O) groups excluding carboxylic acids is 1. The second-order valence-corrected chi connectivity index (χ2v) is 6.22. The summed E-state index contributed by atoms with van der Waals surface area (Å²) in [4.78, 5) is 11.3. The maximum Gasteiger partial charge on any atom is 0.129 e. The summed E-state index contributed by atoms with van der Waals surface area (Å²) in [5, 5.41) is 0. The van der Waals surface area contributed by atoms with Crippen LogP contribution < -0.4 is 0 Å². The van der Waals surface area contributed by atoms with E-state index in [0.717, 1.165) is 12.8 Å². The highest BCUT2D eigenvalue weighted by Gasteiger charge is 2.25. The smallest absolute Gasteiger partial charge is 0.129 e. The fourth-order valence-corrected chi connectivity index (χ4v) is 3.63. The Morgan fingerprint density at radius 3 is 2.32 bits per heavy atom. The van der Waals surface area contributed by atoms with Crippen LogP contribution in [0.4, 0.5) is 0 Å². The lowest BCUT2D eigenvalue weighted by Gasteiger charge is -2.31. The molecule has 0 bridgehead atoms. The molecule has 1 nitrogen and oxygen atoms in total. The number of ketones is 1. The van der Waals surface area contributed by atoms with E-state index in [9.17, 15) is 4.79 Å². The molecule has 0 N–H and O–H groups in total. The van der Waals surface area contributed by atoms with Crippen molar-refractivity contribution in [3.63, 3.8) is 0 Å². The number of benzene rings is 1. The quantitative estimate of drug-likeness (QED) is 0.767. The molecule has 0 radical (unpaired) electrons. The van der Waals surface area contributed by atoms with Gasteiger partial charge in [-0.25, -0.2) is 0 Å². The lowest BCUT2D eigenvalue weighted by Crippen LogP contribution is -2.16. The molecule has 104 valence electrons. The monoisotopic (exact) mass is 258 g/mol. The summed E-state index contributed by atoms with van der Waals surface area (Å²) in [7, 11) is 0. The summed E-state index contributed by atoms with van der Waals surface area (Å²) in [6.07, 6.45) is 5.52. The van der Waals surface area contributed by atoms with Crippen LogP contribution in [0.5, 0.6) is 0 Å². The molecule has 19 heavy (non-hydrogen) atoms. The zero-order valence-electron chi connectivity index (χ0n) is 13.0. The average molecular weight is 258 g/mol. The maximum absolute atomic E-state index is 11.3. The number of Topliss-reactive ketones (excluding diaryl/α,β-unsaturated/α-hetero) is 1. The van der Waals surface area contributed by atoms with Gasteiger partial charge in [-0.15, -0.1) is 0 Å². The number of hydrogen-bond donors (Lipinski definition) is 0. The van der Waals surface area contributed by atoms with Crippen LogP contribution in [-0.4, -0.2) is 5.78 Å².